The SMILES string of the molecule is C#CC1(C#CC#CC2(C#C)OCC(C)(C)CO2)OCC(C)(C)CO1. The van der Waals surface area contributed by atoms with Gasteiger partial charge in [0.25, 0.3) is 0 Å². The second-order valence-corrected chi connectivity index (χ2v) is 7.50. The second kappa shape index (κ2) is 6.53. The fourth-order valence-electron chi connectivity index (χ4n) is 1.96. The highest BCUT2D eigenvalue weighted by atomic mass is 16.7. The Balaban J connectivity index is 2.09. The van der Waals surface area contributed by atoms with Crippen molar-refractivity contribution >= 4 is 0 Å². The van der Waals surface area contributed by atoms with Gasteiger partial charge in [-0.1, -0.05) is 27.7 Å². The topological polar surface area (TPSA) is 36.9 Å². The molecule has 0 unspecified atom stereocenters. The minimum Gasteiger partial charge on any atom is -0.329 e. The summed E-state index contributed by atoms with van der Waals surface area (Å²) in [5.74, 6) is 12.9. The summed E-state index contributed by atoms with van der Waals surface area (Å²) in [5, 5.41) is 0. The third-order valence-electron chi connectivity index (χ3n) is 3.56. The molecule has 0 radical (unpaired) electrons. The quantitative estimate of drug-likeness (QED) is 0.636. The van der Waals surface area contributed by atoms with E-state index in [-0.39, 0.29) is 10.8 Å². The van der Waals surface area contributed by atoms with Gasteiger partial charge in [0.15, 0.2) is 0 Å². The van der Waals surface area contributed by atoms with Crippen LogP contribution in [0.15, 0.2) is 0 Å². The highest BCUT2D eigenvalue weighted by Gasteiger charge is 2.39. The van der Waals surface area contributed by atoms with Crippen LogP contribution in [0.1, 0.15) is 27.7 Å². The van der Waals surface area contributed by atoms with Crippen LogP contribution in [0.2, 0.25) is 0 Å². The Hall–Kier alpha value is -1.92. The highest BCUT2D eigenvalue weighted by molar-refractivity contribution is 5.37. The molecule has 2 fully saturated rings. The molecule has 0 saturated carbocycles. The monoisotopic (exact) mass is 326 g/mol. The molecule has 2 rings (SSSR count). The van der Waals surface area contributed by atoms with Gasteiger partial charge in [0.05, 0.1) is 26.4 Å². The number of terminal acetylenes is 2. The minimum absolute atomic E-state index is 0.0994. The van der Waals surface area contributed by atoms with E-state index in [0.29, 0.717) is 26.4 Å². The van der Waals surface area contributed by atoms with Crippen LogP contribution in [-0.2, 0) is 18.9 Å². The van der Waals surface area contributed by atoms with Gasteiger partial charge in [-0.05, 0) is 35.5 Å². The molecule has 2 aliphatic rings. The van der Waals surface area contributed by atoms with Gasteiger partial charge in [0, 0.05) is 10.8 Å². The number of ether oxygens (including phenoxy) is 4. The van der Waals surface area contributed by atoms with Crippen molar-refractivity contribution in [3.63, 3.8) is 0 Å². The maximum Gasteiger partial charge on any atom is 0.301 e. The number of hydrogen-bond acceptors (Lipinski definition) is 4. The fourth-order valence-corrected chi connectivity index (χ4v) is 1.96. The first-order chi connectivity index (χ1) is 11.2. The van der Waals surface area contributed by atoms with Crippen molar-refractivity contribution in [2.24, 2.45) is 10.8 Å². The molecule has 4 heteroatoms. The third kappa shape index (κ3) is 4.33. The lowest BCUT2D eigenvalue weighted by Crippen LogP contribution is -2.46. The average molecular weight is 326 g/mol. The van der Waals surface area contributed by atoms with Crippen molar-refractivity contribution < 1.29 is 18.9 Å². The van der Waals surface area contributed by atoms with Crippen molar-refractivity contribution in [2.75, 3.05) is 26.4 Å². The third-order valence-corrected chi connectivity index (χ3v) is 3.56. The van der Waals surface area contributed by atoms with Gasteiger partial charge in [-0.15, -0.1) is 12.8 Å². The van der Waals surface area contributed by atoms with Crippen molar-refractivity contribution in [3.05, 3.63) is 0 Å². The zero-order valence-corrected chi connectivity index (χ0v) is 14.6. The van der Waals surface area contributed by atoms with E-state index in [1.54, 1.807) is 0 Å². The van der Waals surface area contributed by atoms with Crippen LogP contribution in [0.3, 0.4) is 0 Å². The molecule has 0 aromatic heterocycles. The van der Waals surface area contributed by atoms with Gasteiger partial charge in [0.1, 0.15) is 0 Å². The molecular weight excluding hydrogens is 304 g/mol. The molecule has 126 valence electrons. The first-order valence-corrected chi connectivity index (χ1v) is 7.71. The standard InChI is InChI=1S/C20H22O4/c1-7-19(21-13-17(3,4)14-22-19)11-9-10-12-20(8-2)23-15-18(5,6)16-24-20/h1-2H,13-16H2,3-6H3. The van der Waals surface area contributed by atoms with Gasteiger partial charge in [-0.3, -0.25) is 0 Å². The molecule has 0 atom stereocenters. The largest absolute Gasteiger partial charge is 0.329 e. The zero-order valence-electron chi connectivity index (χ0n) is 14.6. The second-order valence-electron chi connectivity index (χ2n) is 7.50. The summed E-state index contributed by atoms with van der Waals surface area (Å²) < 4.78 is 22.4. The molecule has 0 spiro atoms. The van der Waals surface area contributed by atoms with Crippen LogP contribution < -0.4 is 0 Å². The van der Waals surface area contributed by atoms with Crippen LogP contribution in [-0.4, -0.2) is 38.0 Å². The van der Waals surface area contributed by atoms with Crippen molar-refractivity contribution in [1.82, 2.24) is 0 Å². The molecule has 0 amide bonds. The Bertz CT molecular complexity index is 612. The smallest absolute Gasteiger partial charge is 0.301 e. The van der Waals surface area contributed by atoms with Gasteiger partial charge in [0.2, 0.25) is 0 Å². The summed E-state index contributed by atoms with van der Waals surface area (Å²) in [5.41, 5.74) is -0.199. The number of hydrogen-bond donors (Lipinski definition) is 0. The van der Waals surface area contributed by atoms with E-state index in [1.807, 2.05) is 27.7 Å². The Labute approximate surface area is 144 Å². The molecule has 4 nitrogen and oxygen atoms in total. The minimum atomic E-state index is -1.37. The first kappa shape index (κ1) is 18.4. The summed E-state index contributed by atoms with van der Waals surface area (Å²) in [7, 11) is 0. The van der Waals surface area contributed by atoms with Gasteiger partial charge in [-0.2, -0.15) is 0 Å². The Morgan fingerprint density at radius 3 is 1.17 bits per heavy atom. The van der Waals surface area contributed by atoms with E-state index >= 15 is 0 Å². The van der Waals surface area contributed by atoms with Crippen LogP contribution in [0.25, 0.3) is 0 Å². The lowest BCUT2D eigenvalue weighted by atomic mass is 9.94. The van der Waals surface area contributed by atoms with Crippen LogP contribution in [0.5, 0.6) is 0 Å². The number of rotatable bonds is 0. The summed E-state index contributed by atoms with van der Waals surface area (Å²) >= 11 is 0. The summed E-state index contributed by atoms with van der Waals surface area (Å²) in [6, 6.07) is 0. The Kier molecular flexibility index (Phi) is 5.01. The van der Waals surface area contributed by atoms with E-state index < -0.39 is 11.6 Å². The molecule has 0 bridgehead atoms. The van der Waals surface area contributed by atoms with Crippen molar-refractivity contribution in [2.45, 2.75) is 39.3 Å². The Morgan fingerprint density at radius 1 is 0.625 bits per heavy atom. The van der Waals surface area contributed by atoms with Gasteiger partial charge >= 0.3 is 11.6 Å². The molecule has 0 N–H and O–H groups in total. The van der Waals surface area contributed by atoms with Crippen LogP contribution in [0.4, 0.5) is 0 Å². The maximum atomic E-state index is 5.60. The van der Waals surface area contributed by atoms with E-state index in [4.69, 9.17) is 31.8 Å². The van der Waals surface area contributed by atoms with E-state index in [1.165, 1.54) is 0 Å². The lowest BCUT2D eigenvalue weighted by Gasteiger charge is -2.37. The normalized spacial score (nSPS) is 25.6. The first-order valence-electron chi connectivity index (χ1n) is 7.71. The summed E-state index contributed by atoms with van der Waals surface area (Å²) in [6.45, 7) is 9.91. The molecule has 2 aliphatic heterocycles. The predicted molar refractivity (Wildman–Crippen MR) is 90.1 cm³/mol. The molecule has 0 aliphatic carbocycles. The molecule has 2 saturated heterocycles. The maximum absolute atomic E-state index is 5.60. The molecule has 2 heterocycles. The molecule has 0 aromatic rings. The van der Waals surface area contributed by atoms with Crippen molar-refractivity contribution in [1.29, 1.82) is 0 Å². The van der Waals surface area contributed by atoms with E-state index in [0.717, 1.165) is 0 Å². The van der Waals surface area contributed by atoms with Gasteiger partial charge in [-0.25, -0.2) is 0 Å². The van der Waals surface area contributed by atoms with Crippen LogP contribution in [0, 0.1) is 59.2 Å². The molecular formula is C20H22O4. The average Bonchev–Trinajstić information content (AvgIpc) is 2.55. The van der Waals surface area contributed by atoms with E-state index in [2.05, 4.69) is 35.5 Å². The van der Waals surface area contributed by atoms with Gasteiger partial charge < -0.3 is 18.9 Å². The summed E-state index contributed by atoms with van der Waals surface area (Å²) in [6.07, 6.45) is 11.0. The Morgan fingerprint density at radius 2 is 0.917 bits per heavy atom. The molecule has 24 heavy (non-hydrogen) atoms. The van der Waals surface area contributed by atoms with Crippen LogP contribution >= 0.6 is 0 Å². The highest BCUT2D eigenvalue weighted by Crippen LogP contribution is 2.29. The van der Waals surface area contributed by atoms with E-state index in [9.17, 15) is 0 Å². The zero-order chi connectivity index (χ0) is 17.9. The molecule has 0 aromatic carbocycles. The summed E-state index contributed by atoms with van der Waals surface area (Å²) in [4.78, 5) is 0. The predicted octanol–water partition coefficient (Wildman–Crippen LogP) is 1.80. The van der Waals surface area contributed by atoms with Crippen molar-refractivity contribution in [3.8, 4) is 48.4 Å². The lowest BCUT2D eigenvalue weighted by molar-refractivity contribution is -0.235. The fraction of sp³-hybridized carbons (Fsp3) is 0.600.